The second-order valence-corrected chi connectivity index (χ2v) is 10.9. The molecule has 1 heterocycles. The van der Waals surface area contributed by atoms with Crippen LogP contribution in [0.4, 0.5) is 5.69 Å². The maximum Gasteiger partial charge on any atom is 0.264 e. The van der Waals surface area contributed by atoms with Crippen molar-refractivity contribution in [3.8, 4) is 0 Å². The first-order valence-electron chi connectivity index (χ1n) is 9.92. The average molecular weight is 588 g/mol. The summed E-state index contributed by atoms with van der Waals surface area (Å²) < 4.78 is 37.9. The van der Waals surface area contributed by atoms with Crippen LogP contribution in [-0.4, -0.2) is 37.5 Å². The highest BCUT2D eigenvalue weighted by atomic mass is 127. The first-order chi connectivity index (χ1) is 15.7. The van der Waals surface area contributed by atoms with E-state index in [4.69, 9.17) is 7.85 Å². The predicted octanol–water partition coefficient (Wildman–Crippen LogP) is 3.42. The first kappa shape index (κ1) is 23.6. The summed E-state index contributed by atoms with van der Waals surface area (Å²) in [6, 6.07) is 17.2. The highest BCUT2D eigenvalue weighted by Crippen LogP contribution is 2.26. The molecule has 2 N–H and O–H groups in total. The van der Waals surface area contributed by atoms with Crippen molar-refractivity contribution in [3.63, 3.8) is 0 Å². The lowest BCUT2D eigenvalue weighted by atomic mass is 9.90. The summed E-state index contributed by atoms with van der Waals surface area (Å²) in [6.07, 6.45) is 0. The Hall–Kier alpha value is -2.51. The third-order valence-corrected chi connectivity index (χ3v) is 7.67. The van der Waals surface area contributed by atoms with Crippen molar-refractivity contribution < 1.29 is 13.2 Å². The van der Waals surface area contributed by atoms with Gasteiger partial charge in [-0.25, -0.2) is 8.42 Å². The Bertz CT molecular complexity index is 1440. The molecule has 0 aliphatic carbocycles. The molecular formula is C22H18BIN4O3S2. The zero-order valence-corrected chi connectivity index (χ0v) is 21.2. The number of halogens is 1. The van der Waals surface area contributed by atoms with Crippen LogP contribution in [0.15, 0.2) is 65.6 Å². The minimum Gasteiger partial charge on any atom is -0.351 e. The topological polar surface area (TPSA) is 101 Å². The van der Waals surface area contributed by atoms with Crippen molar-refractivity contribution in [2.24, 2.45) is 0 Å². The minimum atomic E-state index is -4.00. The highest BCUT2D eigenvalue weighted by Gasteiger charge is 2.23. The largest absolute Gasteiger partial charge is 0.351 e. The average Bonchev–Trinajstić information content (AvgIpc) is 3.26. The van der Waals surface area contributed by atoms with Crippen molar-refractivity contribution >= 4 is 80.3 Å². The van der Waals surface area contributed by atoms with E-state index in [-0.39, 0.29) is 28.0 Å². The summed E-state index contributed by atoms with van der Waals surface area (Å²) in [6.45, 7) is 2.35. The smallest absolute Gasteiger partial charge is 0.264 e. The Morgan fingerprint density at radius 1 is 1.12 bits per heavy atom. The summed E-state index contributed by atoms with van der Waals surface area (Å²) in [5, 5.41) is 2.89. The lowest BCUT2D eigenvalue weighted by Crippen LogP contribution is -2.29. The van der Waals surface area contributed by atoms with E-state index in [1.807, 2.05) is 25.1 Å². The molecule has 0 aliphatic rings. The van der Waals surface area contributed by atoms with E-state index in [0.717, 1.165) is 20.9 Å². The molecular weight excluding hydrogens is 570 g/mol. The third-order valence-electron chi connectivity index (χ3n) is 5.06. The second-order valence-electron chi connectivity index (χ2n) is 7.46. The number of amides is 1. The van der Waals surface area contributed by atoms with Crippen LogP contribution >= 0.6 is 34.3 Å². The number of nitrogens with zero attached hydrogens (tertiary/aromatic N) is 2. The summed E-state index contributed by atoms with van der Waals surface area (Å²) in [4.78, 5) is 13.0. The zero-order valence-electron chi connectivity index (χ0n) is 17.4. The van der Waals surface area contributed by atoms with Gasteiger partial charge in [0.1, 0.15) is 23.8 Å². The van der Waals surface area contributed by atoms with Crippen LogP contribution in [0.1, 0.15) is 28.8 Å². The first-order valence-corrected chi connectivity index (χ1v) is 13.2. The molecule has 166 valence electrons. The number of nitrogens with one attached hydrogen (secondary N) is 2. The number of benzene rings is 3. The van der Waals surface area contributed by atoms with Crippen molar-refractivity contribution in [3.05, 3.63) is 75.4 Å². The standard InChI is InChI=1S/C22H18BIN4O3S2/c1-13(14-4-2-5-15(23)10-14)12-25-22(29)17-9-8-16(24)11-19(17)28-33(30,31)20-7-3-6-18-21(20)27-32-26-18/h2-11,13,28H,12H2,1H3,(H,25,29). The molecule has 0 fully saturated rings. The maximum absolute atomic E-state index is 13.2. The molecule has 0 saturated heterocycles. The van der Waals surface area contributed by atoms with E-state index in [0.29, 0.717) is 23.0 Å². The van der Waals surface area contributed by atoms with Gasteiger partial charge >= 0.3 is 0 Å². The molecule has 0 bridgehead atoms. The Morgan fingerprint density at radius 3 is 2.70 bits per heavy atom. The number of carbonyl (C=O) groups excluding carboxylic acids is 1. The predicted molar refractivity (Wildman–Crippen MR) is 140 cm³/mol. The van der Waals surface area contributed by atoms with Gasteiger partial charge < -0.3 is 5.32 Å². The monoisotopic (exact) mass is 588 g/mol. The number of carbonyl (C=O) groups is 1. The molecule has 1 aromatic heterocycles. The van der Waals surface area contributed by atoms with Gasteiger partial charge in [-0.3, -0.25) is 9.52 Å². The lowest BCUT2D eigenvalue weighted by Gasteiger charge is -2.16. The van der Waals surface area contributed by atoms with Crippen LogP contribution in [-0.2, 0) is 10.0 Å². The Labute approximate surface area is 210 Å². The van der Waals surface area contributed by atoms with E-state index in [1.54, 1.807) is 36.4 Å². The van der Waals surface area contributed by atoms with Gasteiger partial charge in [0.2, 0.25) is 0 Å². The van der Waals surface area contributed by atoms with Crippen LogP contribution in [0, 0.1) is 3.57 Å². The van der Waals surface area contributed by atoms with Gasteiger partial charge in [-0.05, 0) is 64.4 Å². The molecule has 0 spiro atoms. The fraction of sp³-hybridized carbons (Fsp3) is 0.136. The van der Waals surface area contributed by atoms with E-state index in [2.05, 4.69) is 41.4 Å². The van der Waals surface area contributed by atoms with Crippen LogP contribution < -0.4 is 15.5 Å². The van der Waals surface area contributed by atoms with E-state index < -0.39 is 10.0 Å². The van der Waals surface area contributed by atoms with Crippen molar-refractivity contribution in [2.45, 2.75) is 17.7 Å². The fourth-order valence-corrected chi connectivity index (χ4v) is 5.65. The summed E-state index contributed by atoms with van der Waals surface area (Å²) in [5.41, 5.74) is 2.87. The van der Waals surface area contributed by atoms with Gasteiger partial charge in [0.25, 0.3) is 15.9 Å². The molecule has 1 atom stereocenters. The molecule has 2 radical (unpaired) electrons. The molecule has 4 aromatic rings. The number of sulfonamides is 1. The number of hydrogen-bond donors (Lipinski definition) is 2. The molecule has 7 nitrogen and oxygen atoms in total. The van der Waals surface area contributed by atoms with Crippen molar-refractivity contribution in [1.82, 2.24) is 14.1 Å². The normalized spacial score (nSPS) is 12.4. The van der Waals surface area contributed by atoms with Crippen LogP contribution in [0.25, 0.3) is 11.0 Å². The number of anilines is 1. The maximum atomic E-state index is 13.2. The molecule has 0 saturated carbocycles. The minimum absolute atomic E-state index is 0.00857. The summed E-state index contributed by atoms with van der Waals surface area (Å²) in [7, 11) is 1.85. The third kappa shape index (κ3) is 5.36. The molecule has 11 heteroatoms. The Morgan fingerprint density at radius 2 is 1.91 bits per heavy atom. The van der Waals surface area contributed by atoms with Crippen LogP contribution in [0.2, 0.25) is 0 Å². The molecule has 4 rings (SSSR count). The zero-order chi connectivity index (χ0) is 23.6. The van der Waals surface area contributed by atoms with Gasteiger partial charge in [0.15, 0.2) is 0 Å². The quantitative estimate of drug-likeness (QED) is 0.255. The number of rotatable bonds is 7. The van der Waals surface area contributed by atoms with Gasteiger partial charge in [0, 0.05) is 10.1 Å². The molecule has 33 heavy (non-hydrogen) atoms. The van der Waals surface area contributed by atoms with E-state index in [1.165, 1.54) is 6.07 Å². The molecule has 1 unspecified atom stereocenters. The van der Waals surface area contributed by atoms with Crippen molar-refractivity contribution in [2.75, 3.05) is 11.3 Å². The number of hydrogen-bond acceptors (Lipinski definition) is 6. The fourth-order valence-electron chi connectivity index (χ4n) is 3.32. The Balaban J connectivity index is 1.57. The number of fused-ring (bicyclic) bond motifs is 1. The highest BCUT2D eigenvalue weighted by molar-refractivity contribution is 14.1. The second kappa shape index (κ2) is 9.78. The molecule has 3 aromatic carbocycles. The van der Waals surface area contributed by atoms with Crippen LogP contribution in [0.3, 0.4) is 0 Å². The SMILES string of the molecule is [B]c1cccc(C(C)CNC(=O)c2ccc(I)cc2NS(=O)(=O)c2cccc3nsnc23)c1. The van der Waals surface area contributed by atoms with Gasteiger partial charge in [-0.1, -0.05) is 42.7 Å². The Kier molecular flexibility index (Phi) is 7.01. The molecule has 0 aliphatic heterocycles. The van der Waals surface area contributed by atoms with E-state index >= 15 is 0 Å². The summed E-state index contributed by atoms with van der Waals surface area (Å²) >= 11 is 3.01. The van der Waals surface area contributed by atoms with Crippen molar-refractivity contribution in [1.29, 1.82) is 0 Å². The van der Waals surface area contributed by atoms with E-state index in [9.17, 15) is 13.2 Å². The van der Waals surface area contributed by atoms with Crippen LogP contribution in [0.5, 0.6) is 0 Å². The van der Waals surface area contributed by atoms with Gasteiger partial charge in [0.05, 0.1) is 23.0 Å². The summed E-state index contributed by atoms with van der Waals surface area (Å²) in [5.74, 6) is -0.357. The molecule has 1 amide bonds. The lowest BCUT2D eigenvalue weighted by molar-refractivity contribution is 0.0952. The van der Waals surface area contributed by atoms with Gasteiger partial charge in [-0.15, -0.1) is 0 Å². The van der Waals surface area contributed by atoms with Gasteiger partial charge in [-0.2, -0.15) is 8.75 Å². The number of aromatic nitrogens is 2.